The summed E-state index contributed by atoms with van der Waals surface area (Å²) in [4.78, 5) is 0. The summed E-state index contributed by atoms with van der Waals surface area (Å²) in [5.74, 6) is 0.602. The van der Waals surface area contributed by atoms with Crippen molar-refractivity contribution >= 4 is 0 Å². The first-order valence-electron chi connectivity index (χ1n) is 6.48. The van der Waals surface area contributed by atoms with Gasteiger partial charge in [0.15, 0.2) is 0 Å². The molecule has 0 heterocycles. The van der Waals surface area contributed by atoms with Crippen molar-refractivity contribution in [1.82, 2.24) is 5.32 Å². The Labute approximate surface area is 104 Å². The molecule has 1 aromatic rings. The Morgan fingerprint density at radius 1 is 1.24 bits per heavy atom. The Morgan fingerprint density at radius 2 is 1.94 bits per heavy atom. The fraction of sp³-hybridized carbons (Fsp3) is 0.600. The third-order valence-electron chi connectivity index (χ3n) is 3.23. The zero-order valence-corrected chi connectivity index (χ0v) is 11.4. The number of nitrogens with one attached hydrogen (secondary N) is 1. The number of rotatable bonds is 6. The molecule has 0 bridgehead atoms. The lowest BCUT2D eigenvalue weighted by atomic mass is 9.95. The van der Waals surface area contributed by atoms with Crippen LogP contribution in [0.15, 0.2) is 18.2 Å². The van der Waals surface area contributed by atoms with Crippen molar-refractivity contribution in [1.29, 1.82) is 0 Å². The number of hydrogen-bond acceptors (Lipinski definition) is 1. The third-order valence-corrected chi connectivity index (χ3v) is 3.23. The molecule has 1 aromatic carbocycles. The smallest absolute Gasteiger partial charge is 0.123 e. The number of aryl methyl sites for hydroxylation is 1. The highest BCUT2D eigenvalue weighted by molar-refractivity contribution is 5.29. The Balaban J connectivity index is 2.66. The van der Waals surface area contributed by atoms with Crippen LogP contribution in [-0.2, 0) is 0 Å². The Morgan fingerprint density at radius 3 is 2.47 bits per heavy atom. The Kier molecular flexibility index (Phi) is 5.63. The SMILES string of the molecule is CNC(CCCC(C)C)c1ccc(F)cc1C. The van der Waals surface area contributed by atoms with Gasteiger partial charge in [-0.2, -0.15) is 0 Å². The summed E-state index contributed by atoms with van der Waals surface area (Å²) in [7, 11) is 1.98. The van der Waals surface area contributed by atoms with Crippen molar-refractivity contribution < 1.29 is 4.39 Å². The minimum Gasteiger partial charge on any atom is -0.313 e. The van der Waals surface area contributed by atoms with Crippen LogP contribution in [0, 0.1) is 18.7 Å². The molecule has 0 saturated carbocycles. The van der Waals surface area contributed by atoms with E-state index in [-0.39, 0.29) is 5.82 Å². The third kappa shape index (κ3) is 4.47. The van der Waals surface area contributed by atoms with Gasteiger partial charge in [-0.25, -0.2) is 4.39 Å². The second-order valence-electron chi connectivity index (χ2n) is 5.17. The van der Waals surface area contributed by atoms with Gasteiger partial charge in [0.25, 0.3) is 0 Å². The minimum atomic E-state index is -0.150. The minimum absolute atomic E-state index is 0.150. The van der Waals surface area contributed by atoms with Crippen LogP contribution in [0.25, 0.3) is 0 Å². The van der Waals surface area contributed by atoms with Gasteiger partial charge in [0.05, 0.1) is 0 Å². The molecule has 1 N–H and O–H groups in total. The molecule has 0 aliphatic carbocycles. The predicted octanol–water partition coefficient (Wildman–Crippen LogP) is 4.22. The van der Waals surface area contributed by atoms with Gasteiger partial charge < -0.3 is 5.32 Å². The van der Waals surface area contributed by atoms with Crippen LogP contribution in [0.1, 0.15) is 50.3 Å². The topological polar surface area (TPSA) is 12.0 Å². The average Bonchev–Trinajstić information content (AvgIpc) is 2.25. The van der Waals surface area contributed by atoms with Crippen LogP contribution in [0.2, 0.25) is 0 Å². The second-order valence-corrected chi connectivity index (χ2v) is 5.17. The molecule has 1 rings (SSSR count). The molecule has 0 aliphatic heterocycles. The summed E-state index contributed by atoms with van der Waals surface area (Å²) in [6.45, 7) is 6.47. The fourth-order valence-corrected chi connectivity index (χ4v) is 2.22. The summed E-state index contributed by atoms with van der Waals surface area (Å²) in [6.07, 6.45) is 3.57. The van der Waals surface area contributed by atoms with Crippen molar-refractivity contribution in [2.45, 2.75) is 46.1 Å². The zero-order valence-electron chi connectivity index (χ0n) is 11.4. The highest BCUT2D eigenvalue weighted by atomic mass is 19.1. The molecule has 0 spiro atoms. The lowest BCUT2D eigenvalue weighted by Gasteiger charge is -2.19. The molecule has 0 aliphatic rings. The molecular formula is C15H24FN. The first kappa shape index (κ1) is 14.2. The Bertz CT molecular complexity index is 347. The normalized spacial score (nSPS) is 13.1. The van der Waals surface area contributed by atoms with E-state index in [2.05, 4.69) is 19.2 Å². The molecule has 0 radical (unpaired) electrons. The molecule has 1 nitrogen and oxygen atoms in total. The number of halogens is 1. The Hall–Kier alpha value is -0.890. The molecule has 0 amide bonds. The summed E-state index contributed by atoms with van der Waals surface area (Å²) >= 11 is 0. The summed E-state index contributed by atoms with van der Waals surface area (Å²) in [5, 5.41) is 3.33. The first-order valence-corrected chi connectivity index (χ1v) is 6.48. The van der Waals surface area contributed by atoms with E-state index in [0.29, 0.717) is 6.04 Å². The van der Waals surface area contributed by atoms with E-state index in [0.717, 1.165) is 17.9 Å². The maximum atomic E-state index is 13.1. The molecule has 1 unspecified atom stereocenters. The van der Waals surface area contributed by atoms with Crippen molar-refractivity contribution in [3.63, 3.8) is 0 Å². The first-order chi connectivity index (χ1) is 8.04. The molecule has 0 saturated heterocycles. The molecular weight excluding hydrogens is 213 g/mol. The van der Waals surface area contributed by atoms with Crippen molar-refractivity contribution in [3.8, 4) is 0 Å². The van der Waals surface area contributed by atoms with Gasteiger partial charge in [-0.05, 0) is 49.6 Å². The maximum Gasteiger partial charge on any atom is 0.123 e. The standard InChI is InChI=1S/C15H24FN/c1-11(2)6-5-7-15(17-4)14-9-8-13(16)10-12(14)3/h8-11,15,17H,5-7H2,1-4H3. The predicted molar refractivity (Wildman–Crippen MR) is 71.6 cm³/mol. The number of benzene rings is 1. The summed E-state index contributed by atoms with van der Waals surface area (Å²) in [6, 6.07) is 5.41. The summed E-state index contributed by atoms with van der Waals surface area (Å²) < 4.78 is 13.1. The van der Waals surface area contributed by atoms with Crippen LogP contribution in [0.5, 0.6) is 0 Å². The van der Waals surface area contributed by atoms with Crippen molar-refractivity contribution in [2.75, 3.05) is 7.05 Å². The van der Waals surface area contributed by atoms with Crippen LogP contribution >= 0.6 is 0 Å². The van der Waals surface area contributed by atoms with E-state index in [4.69, 9.17) is 0 Å². The van der Waals surface area contributed by atoms with Crippen LogP contribution in [0.3, 0.4) is 0 Å². The van der Waals surface area contributed by atoms with Gasteiger partial charge in [0.1, 0.15) is 5.82 Å². The lowest BCUT2D eigenvalue weighted by Crippen LogP contribution is -2.17. The van der Waals surface area contributed by atoms with Crippen LogP contribution in [0.4, 0.5) is 4.39 Å². The van der Waals surface area contributed by atoms with E-state index in [1.165, 1.54) is 18.4 Å². The van der Waals surface area contributed by atoms with Gasteiger partial charge in [0.2, 0.25) is 0 Å². The van der Waals surface area contributed by atoms with Crippen molar-refractivity contribution in [3.05, 3.63) is 35.1 Å². The van der Waals surface area contributed by atoms with Gasteiger partial charge in [0, 0.05) is 6.04 Å². The molecule has 17 heavy (non-hydrogen) atoms. The van der Waals surface area contributed by atoms with Crippen molar-refractivity contribution in [2.24, 2.45) is 5.92 Å². The molecule has 0 fully saturated rings. The lowest BCUT2D eigenvalue weighted by molar-refractivity contribution is 0.469. The zero-order chi connectivity index (χ0) is 12.8. The van der Waals surface area contributed by atoms with Gasteiger partial charge in [-0.1, -0.05) is 32.8 Å². The van der Waals surface area contributed by atoms with E-state index in [1.807, 2.05) is 20.0 Å². The largest absolute Gasteiger partial charge is 0.313 e. The van der Waals surface area contributed by atoms with Gasteiger partial charge >= 0.3 is 0 Å². The van der Waals surface area contributed by atoms with Gasteiger partial charge in [-0.3, -0.25) is 0 Å². The molecule has 2 heteroatoms. The van der Waals surface area contributed by atoms with Gasteiger partial charge in [-0.15, -0.1) is 0 Å². The quantitative estimate of drug-likeness (QED) is 0.781. The molecule has 0 aromatic heterocycles. The highest BCUT2D eigenvalue weighted by Gasteiger charge is 2.12. The molecule has 1 atom stereocenters. The maximum absolute atomic E-state index is 13.1. The van der Waals surface area contributed by atoms with E-state index in [1.54, 1.807) is 12.1 Å². The van der Waals surface area contributed by atoms with E-state index < -0.39 is 0 Å². The second kappa shape index (κ2) is 6.75. The highest BCUT2D eigenvalue weighted by Crippen LogP contribution is 2.24. The van der Waals surface area contributed by atoms with E-state index >= 15 is 0 Å². The van der Waals surface area contributed by atoms with E-state index in [9.17, 15) is 4.39 Å². The van der Waals surface area contributed by atoms with Crippen LogP contribution < -0.4 is 5.32 Å². The summed E-state index contributed by atoms with van der Waals surface area (Å²) in [5.41, 5.74) is 2.26. The number of hydrogen-bond donors (Lipinski definition) is 1. The van der Waals surface area contributed by atoms with Crippen LogP contribution in [-0.4, -0.2) is 7.05 Å². The molecule has 96 valence electrons. The average molecular weight is 237 g/mol. The monoisotopic (exact) mass is 237 g/mol. The fourth-order valence-electron chi connectivity index (χ4n) is 2.22.